The van der Waals surface area contributed by atoms with Crippen molar-refractivity contribution < 1.29 is 14.3 Å². The van der Waals surface area contributed by atoms with E-state index in [1.165, 1.54) is 0 Å². The van der Waals surface area contributed by atoms with Gasteiger partial charge in [-0.3, -0.25) is 4.79 Å². The summed E-state index contributed by atoms with van der Waals surface area (Å²) in [7, 11) is 0. The predicted molar refractivity (Wildman–Crippen MR) is 54.2 cm³/mol. The lowest BCUT2D eigenvalue weighted by atomic mass is 9.90. The molecule has 1 aliphatic carbocycles. The third-order valence-electron chi connectivity index (χ3n) is 2.43. The van der Waals surface area contributed by atoms with Crippen molar-refractivity contribution >= 4 is 5.78 Å². The van der Waals surface area contributed by atoms with Gasteiger partial charge in [-0.1, -0.05) is 13.8 Å². The van der Waals surface area contributed by atoms with E-state index in [2.05, 4.69) is 13.8 Å². The predicted octanol–water partition coefficient (Wildman–Crippen LogP) is 1.80. The largest absolute Gasteiger partial charge is 0.375 e. The summed E-state index contributed by atoms with van der Waals surface area (Å²) >= 11 is 0. The smallest absolute Gasteiger partial charge is 0.166 e. The average molecular weight is 200 g/mol. The zero-order chi connectivity index (χ0) is 10.6. The number of hydrogen-bond acceptors (Lipinski definition) is 3. The molecule has 14 heavy (non-hydrogen) atoms. The minimum Gasteiger partial charge on any atom is -0.375 e. The monoisotopic (exact) mass is 200 g/mol. The Hall–Kier alpha value is -0.410. The summed E-state index contributed by atoms with van der Waals surface area (Å²) in [5.41, 5.74) is 0. The highest BCUT2D eigenvalue weighted by Crippen LogP contribution is 2.23. The number of Topliss-reactive ketones (excluding diaryl/α,β-unsaturated/α-hetero) is 1. The lowest BCUT2D eigenvalue weighted by molar-refractivity contribution is -0.165. The molecule has 0 spiro atoms. The maximum absolute atomic E-state index is 11.1. The Kier molecular flexibility index (Phi) is 4.55. The number of carbonyl (C=O) groups excluding carboxylic acids is 1. The van der Waals surface area contributed by atoms with Crippen LogP contribution < -0.4 is 0 Å². The van der Waals surface area contributed by atoms with Gasteiger partial charge in [0.15, 0.2) is 5.78 Å². The Labute approximate surface area is 85.8 Å². The van der Waals surface area contributed by atoms with Gasteiger partial charge in [-0.25, -0.2) is 0 Å². The van der Waals surface area contributed by atoms with E-state index in [1.807, 2.05) is 6.92 Å². The fourth-order valence-corrected chi connectivity index (χ4v) is 1.45. The molecule has 2 unspecified atom stereocenters. The lowest BCUT2D eigenvalue weighted by Crippen LogP contribution is -2.50. The second kappa shape index (κ2) is 5.47. The molecule has 1 saturated carbocycles. The molecule has 2 atom stereocenters. The molecule has 0 aromatic rings. The van der Waals surface area contributed by atoms with Gasteiger partial charge in [0.05, 0.1) is 6.10 Å². The van der Waals surface area contributed by atoms with Crippen LogP contribution >= 0.6 is 0 Å². The van der Waals surface area contributed by atoms with Crippen molar-refractivity contribution in [2.75, 3.05) is 13.2 Å². The van der Waals surface area contributed by atoms with Gasteiger partial charge in [-0.05, 0) is 19.3 Å². The van der Waals surface area contributed by atoms with Crippen molar-refractivity contribution in [3.63, 3.8) is 0 Å². The molecule has 1 fully saturated rings. The van der Waals surface area contributed by atoms with Gasteiger partial charge in [0.1, 0.15) is 6.10 Å². The van der Waals surface area contributed by atoms with E-state index < -0.39 is 0 Å². The van der Waals surface area contributed by atoms with Gasteiger partial charge in [-0.2, -0.15) is 0 Å². The SMILES string of the molecule is CCOC1C(=O)CC1OCCC(C)C. The highest BCUT2D eigenvalue weighted by atomic mass is 16.5. The van der Waals surface area contributed by atoms with Gasteiger partial charge < -0.3 is 9.47 Å². The van der Waals surface area contributed by atoms with Crippen LogP contribution in [0, 0.1) is 5.92 Å². The highest BCUT2D eigenvalue weighted by Gasteiger charge is 2.41. The maximum Gasteiger partial charge on any atom is 0.166 e. The van der Waals surface area contributed by atoms with Crippen LogP contribution in [-0.2, 0) is 14.3 Å². The van der Waals surface area contributed by atoms with Gasteiger partial charge in [0, 0.05) is 19.6 Å². The molecule has 0 aliphatic heterocycles. The van der Waals surface area contributed by atoms with Crippen LogP contribution in [0.15, 0.2) is 0 Å². The molecule has 0 aromatic carbocycles. The summed E-state index contributed by atoms with van der Waals surface area (Å²) in [5.74, 6) is 0.831. The third-order valence-corrected chi connectivity index (χ3v) is 2.43. The first-order valence-electron chi connectivity index (χ1n) is 5.41. The lowest BCUT2D eigenvalue weighted by Gasteiger charge is -2.34. The van der Waals surface area contributed by atoms with E-state index >= 15 is 0 Å². The first-order valence-corrected chi connectivity index (χ1v) is 5.41. The van der Waals surface area contributed by atoms with E-state index in [0.717, 1.165) is 13.0 Å². The normalized spacial score (nSPS) is 26.7. The number of ketones is 1. The summed E-state index contributed by atoms with van der Waals surface area (Å²) in [6, 6.07) is 0. The topological polar surface area (TPSA) is 35.5 Å². The molecule has 0 saturated heterocycles. The minimum atomic E-state index is -0.285. The van der Waals surface area contributed by atoms with Crippen molar-refractivity contribution in [3.8, 4) is 0 Å². The fourth-order valence-electron chi connectivity index (χ4n) is 1.45. The second-order valence-electron chi connectivity index (χ2n) is 4.14. The number of rotatable bonds is 6. The van der Waals surface area contributed by atoms with Crippen molar-refractivity contribution in [1.29, 1.82) is 0 Å². The molecular formula is C11H20O3. The quantitative estimate of drug-likeness (QED) is 0.655. The summed E-state index contributed by atoms with van der Waals surface area (Å²) < 4.78 is 10.9. The van der Waals surface area contributed by atoms with Crippen molar-refractivity contribution in [2.45, 2.75) is 45.8 Å². The summed E-state index contributed by atoms with van der Waals surface area (Å²) in [5, 5.41) is 0. The van der Waals surface area contributed by atoms with E-state index in [4.69, 9.17) is 9.47 Å². The minimum absolute atomic E-state index is 0.0150. The number of hydrogen-bond donors (Lipinski definition) is 0. The van der Waals surface area contributed by atoms with Crippen LogP contribution in [0.1, 0.15) is 33.6 Å². The summed E-state index contributed by atoms with van der Waals surface area (Å²) in [6.45, 7) is 7.54. The zero-order valence-electron chi connectivity index (χ0n) is 9.29. The molecule has 82 valence electrons. The highest BCUT2D eigenvalue weighted by molar-refractivity contribution is 5.90. The summed E-state index contributed by atoms with van der Waals surface area (Å²) in [6.07, 6.45) is 1.31. The molecule has 3 nitrogen and oxygen atoms in total. The molecule has 3 heteroatoms. The Morgan fingerprint density at radius 3 is 2.64 bits per heavy atom. The van der Waals surface area contributed by atoms with Gasteiger partial charge >= 0.3 is 0 Å². The molecule has 0 aromatic heterocycles. The summed E-state index contributed by atoms with van der Waals surface area (Å²) in [4.78, 5) is 11.1. The van der Waals surface area contributed by atoms with Crippen LogP contribution in [-0.4, -0.2) is 31.2 Å². The van der Waals surface area contributed by atoms with E-state index in [1.54, 1.807) is 0 Å². The van der Waals surface area contributed by atoms with Crippen LogP contribution in [0.2, 0.25) is 0 Å². The molecule has 0 bridgehead atoms. The van der Waals surface area contributed by atoms with E-state index in [-0.39, 0.29) is 18.0 Å². The van der Waals surface area contributed by atoms with Gasteiger partial charge in [0.25, 0.3) is 0 Å². The molecular weight excluding hydrogens is 180 g/mol. The fraction of sp³-hybridized carbons (Fsp3) is 0.909. The Morgan fingerprint density at radius 1 is 1.43 bits per heavy atom. The van der Waals surface area contributed by atoms with Crippen molar-refractivity contribution in [1.82, 2.24) is 0 Å². The molecule has 0 heterocycles. The Bertz CT molecular complexity index is 189. The third kappa shape index (κ3) is 3.07. The maximum atomic E-state index is 11.1. The Balaban J connectivity index is 2.16. The van der Waals surface area contributed by atoms with Gasteiger partial charge in [0.2, 0.25) is 0 Å². The second-order valence-corrected chi connectivity index (χ2v) is 4.14. The van der Waals surface area contributed by atoms with Crippen molar-refractivity contribution in [3.05, 3.63) is 0 Å². The molecule has 1 rings (SSSR count). The number of ether oxygens (including phenoxy) is 2. The van der Waals surface area contributed by atoms with Crippen LogP contribution in [0.25, 0.3) is 0 Å². The van der Waals surface area contributed by atoms with E-state index in [0.29, 0.717) is 18.9 Å². The standard InChI is InChI=1S/C11H20O3/c1-4-13-11-9(12)7-10(11)14-6-5-8(2)3/h8,10-11H,4-7H2,1-3H3. The molecule has 0 N–H and O–H groups in total. The zero-order valence-corrected chi connectivity index (χ0v) is 9.29. The first kappa shape index (κ1) is 11.7. The van der Waals surface area contributed by atoms with Crippen molar-refractivity contribution in [2.24, 2.45) is 5.92 Å². The number of carbonyl (C=O) groups is 1. The Morgan fingerprint density at radius 2 is 2.14 bits per heavy atom. The van der Waals surface area contributed by atoms with Gasteiger partial charge in [-0.15, -0.1) is 0 Å². The van der Waals surface area contributed by atoms with Crippen LogP contribution in [0.5, 0.6) is 0 Å². The van der Waals surface area contributed by atoms with Crippen LogP contribution in [0.3, 0.4) is 0 Å². The first-order chi connectivity index (χ1) is 6.65. The average Bonchev–Trinajstić information content (AvgIpc) is 2.12. The molecule has 1 aliphatic rings. The van der Waals surface area contributed by atoms with E-state index in [9.17, 15) is 4.79 Å². The molecule has 0 amide bonds. The molecule has 0 radical (unpaired) electrons. The van der Waals surface area contributed by atoms with Crippen LogP contribution in [0.4, 0.5) is 0 Å².